The minimum Gasteiger partial charge on any atom is -0.462 e. The molecule has 1 rings (SSSR count). The standard InChI is InChI=1S/C18H30N2O7/c1-11(21)25-14-8-6-7-13(14)15(26-12(2)22)9-19-16(23)10-20-17(24)27-18(3,4)5/h13-15H,6-10H2,1-5H3,(H,19,23)(H,20,24). The van der Waals surface area contributed by atoms with Gasteiger partial charge < -0.3 is 24.8 Å². The summed E-state index contributed by atoms with van der Waals surface area (Å²) in [6, 6.07) is 0. The van der Waals surface area contributed by atoms with E-state index in [0.717, 1.165) is 12.8 Å². The van der Waals surface area contributed by atoms with Crippen molar-refractivity contribution in [2.45, 2.75) is 71.7 Å². The largest absolute Gasteiger partial charge is 0.462 e. The summed E-state index contributed by atoms with van der Waals surface area (Å²) in [6.45, 7) is 7.58. The molecule has 0 aromatic heterocycles. The lowest BCUT2D eigenvalue weighted by molar-refractivity contribution is -0.157. The van der Waals surface area contributed by atoms with Crippen molar-refractivity contribution in [3.63, 3.8) is 0 Å². The van der Waals surface area contributed by atoms with E-state index in [1.54, 1.807) is 20.8 Å². The summed E-state index contributed by atoms with van der Waals surface area (Å²) in [7, 11) is 0. The van der Waals surface area contributed by atoms with Gasteiger partial charge in [-0.3, -0.25) is 14.4 Å². The van der Waals surface area contributed by atoms with Gasteiger partial charge in [-0.2, -0.15) is 0 Å². The first-order chi connectivity index (χ1) is 12.5. The van der Waals surface area contributed by atoms with Crippen LogP contribution in [0, 0.1) is 5.92 Å². The number of carbonyl (C=O) groups is 4. The maximum absolute atomic E-state index is 12.0. The van der Waals surface area contributed by atoms with Gasteiger partial charge in [0.15, 0.2) is 0 Å². The molecule has 0 aliphatic heterocycles. The summed E-state index contributed by atoms with van der Waals surface area (Å²) in [4.78, 5) is 46.2. The highest BCUT2D eigenvalue weighted by molar-refractivity contribution is 5.82. The molecule has 9 heteroatoms. The van der Waals surface area contributed by atoms with Gasteiger partial charge in [0, 0.05) is 19.8 Å². The van der Waals surface area contributed by atoms with Crippen molar-refractivity contribution in [1.29, 1.82) is 0 Å². The first kappa shape index (κ1) is 22.7. The normalized spacial score (nSPS) is 20.3. The molecule has 2 N–H and O–H groups in total. The molecule has 0 heterocycles. The Kier molecular flexibility index (Phi) is 8.52. The molecule has 1 fully saturated rings. The fourth-order valence-corrected chi connectivity index (χ4v) is 2.98. The van der Waals surface area contributed by atoms with Crippen LogP contribution >= 0.6 is 0 Å². The van der Waals surface area contributed by atoms with Gasteiger partial charge in [0.1, 0.15) is 17.8 Å². The molecular weight excluding hydrogens is 356 g/mol. The molecule has 27 heavy (non-hydrogen) atoms. The van der Waals surface area contributed by atoms with E-state index in [1.165, 1.54) is 13.8 Å². The Balaban J connectivity index is 2.54. The fraction of sp³-hybridized carbons (Fsp3) is 0.778. The van der Waals surface area contributed by atoms with Gasteiger partial charge in [-0.25, -0.2) is 4.79 Å². The number of carbonyl (C=O) groups excluding carboxylic acids is 4. The van der Waals surface area contributed by atoms with Crippen molar-refractivity contribution in [2.75, 3.05) is 13.1 Å². The second-order valence-corrected chi connectivity index (χ2v) is 7.55. The van der Waals surface area contributed by atoms with Gasteiger partial charge in [0.05, 0.1) is 13.1 Å². The number of amides is 2. The molecule has 0 saturated heterocycles. The third-order valence-corrected chi connectivity index (χ3v) is 3.91. The van der Waals surface area contributed by atoms with Crippen LogP contribution in [0.2, 0.25) is 0 Å². The first-order valence-corrected chi connectivity index (χ1v) is 9.06. The van der Waals surface area contributed by atoms with E-state index in [9.17, 15) is 19.2 Å². The lowest BCUT2D eigenvalue weighted by atomic mass is 9.98. The number of esters is 2. The van der Waals surface area contributed by atoms with Crippen LogP contribution in [-0.4, -0.2) is 54.8 Å². The molecule has 9 nitrogen and oxygen atoms in total. The van der Waals surface area contributed by atoms with Crippen LogP contribution in [0.4, 0.5) is 4.79 Å². The van der Waals surface area contributed by atoms with E-state index >= 15 is 0 Å². The number of nitrogens with one attached hydrogen (secondary N) is 2. The molecular formula is C18H30N2O7. The molecule has 0 aromatic rings. The topological polar surface area (TPSA) is 120 Å². The lowest BCUT2D eigenvalue weighted by Crippen LogP contribution is -2.45. The van der Waals surface area contributed by atoms with Crippen LogP contribution in [0.25, 0.3) is 0 Å². The van der Waals surface area contributed by atoms with Crippen molar-refractivity contribution in [3.05, 3.63) is 0 Å². The molecule has 0 aromatic carbocycles. The van der Waals surface area contributed by atoms with Gasteiger partial charge in [0.25, 0.3) is 0 Å². The molecule has 1 aliphatic rings. The zero-order chi connectivity index (χ0) is 20.6. The smallest absolute Gasteiger partial charge is 0.408 e. The Morgan fingerprint density at radius 3 is 2.26 bits per heavy atom. The molecule has 0 bridgehead atoms. The highest BCUT2D eigenvalue weighted by atomic mass is 16.6. The predicted octanol–water partition coefficient (Wildman–Crippen LogP) is 1.29. The van der Waals surface area contributed by atoms with E-state index in [4.69, 9.17) is 14.2 Å². The lowest BCUT2D eigenvalue weighted by Gasteiger charge is -2.28. The Labute approximate surface area is 159 Å². The van der Waals surface area contributed by atoms with Gasteiger partial charge in [0.2, 0.25) is 5.91 Å². The van der Waals surface area contributed by atoms with E-state index in [1.807, 2.05) is 0 Å². The first-order valence-electron chi connectivity index (χ1n) is 9.06. The number of rotatable bonds is 7. The summed E-state index contributed by atoms with van der Waals surface area (Å²) in [5.74, 6) is -1.49. The van der Waals surface area contributed by atoms with Crippen molar-refractivity contribution >= 4 is 23.9 Å². The van der Waals surface area contributed by atoms with Crippen molar-refractivity contribution in [3.8, 4) is 0 Å². The highest BCUT2D eigenvalue weighted by Crippen LogP contribution is 2.32. The third-order valence-electron chi connectivity index (χ3n) is 3.91. The molecule has 0 spiro atoms. The maximum Gasteiger partial charge on any atom is 0.408 e. The Bertz CT molecular complexity index is 556. The van der Waals surface area contributed by atoms with Crippen LogP contribution in [0.15, 0.2) is 0 Å². The van der Waals surface area contributed by atoms with Crippen LogP contribution in [0.1, 0.15) is 53.9 Å². The molecule has 154 valence electrons. The minimum absolute atomic E-state index is 0.0663. The van der Waals surface area contributed by atoms with Gasteiger partial charge in [-0.05, 0) is 40.0 Å². The van der Waals surface area contributed by atoms with Crippen LogP contribution in [0.5, 0.6) is 0 Å². The second-order valence-electron chi connectivity index (χ2n) is 7.55. The van der Waals surface area contributed by atoms with Crippen LogP contribution in [0.3, 0.4) is 0 Å². The second kappa shape index (κ2) is 10.1. The predicted molar refractivity (Wildman–Crippen MR) is 95.7 cm³/mol. The minimum atomic E-state index is -0.695. The monoisotopic (exact) mass is 386 g/mol. The Morgan fingerprint density at radius 1 is 1.04 bits per heavy atom. The fourth-order valence-electron chi connectivity index (χ4n) is 2.98. The molecule has 1 aliphatic carbocycles. The van der Waals surface area contributed by atoms with Crippen LogP contribution < -0.4 is 10.6 Å². The molecule has 0 radical (unpaired) electrons. The Hall–Kier alpha value is -2.32. The van der Waals surface area contributed by atoms with Gasteiger partial charge in [-0.1, -0.05) is 0 Å². The summed E-state index contributed by atoms with van der Waals surface area (Å²) >= 11 is 0. The number of alkyl carbamates (subject to hydrolysis) is 1. The quantitative estimate of drug-likeness (QED) is 0.500. The highest BCUT2D eigenvalue weighted by Gasteiger charge is 2.37. The zero-order valence-corrected chi connectivity index (χ0v) is 16.6. The van der Waals surface area contributed by atoms with Gasteiger partial charge in [-0.15, -0.1) is 0 Å². The average Bonchev–Trinajstić information content (AvgIpc) is 2.94. The molecule has 1 saturated carbocycles. The van der Waals surface area contributed by atoms with Crippen molar-refractivity contribution < 1.29 is 33.4 Å². The summed E-state index contributed by atoms with van der Waals surface area (Å²) < 4.78 is 15.7. The van der Waals surface area contributed by atoms with Crippen molar-refractivity contribution in [1.82, 2.24) is 10.6 Å². The summed E-state index contributed by atoms with van der Waals surface area (Å²) in [5, 5.41) is 4.99. The number of hydrogen-bond donors (Lipinski definition) is 2. The van der Waals surface area contributed by atoms with Gasteiger partial charge >= 0.3 is 18.0 Å². The number of ether oxygens (including phenoxy) is 3. The number of hydrogen-bond acceptors (Lipinski definition) is 7. The Morgan fingerprint density at radius 2 is 1.70 bits per heavy atom. The van der Waals surface area contributed by atoms with Crippen LogP contribution in [-0.2, 0) is 28.6 Å². The van der Waals surface area contributed by atoms with E-state index in [0.29, 0.717) is 6.42 Å². The van der Waals surface area contributed by atoms with E-state index < -0.39 is 29.7 Å². The molecule has 2 amide bonds. The van der Waals surface area contributed by atoms with Crippen molar-refractivity contribution in [2.24, 2.45) is 5.92 Å². The summed E-state index contributed by atoms with van der Waals surface area (Å²) in [5.41, 5.74) is -0.658. The average molecular weight is 386 g/mol. The maximum atomic E-state index is 12.0. The SMILES string of the molecule is CC(=O)OC1CCCC1C(CNC(=O)CNC(=O)OC(C)(C)C)OC(C)=O. The molecule has 3 atom stereocenters. The van der Waals surface area contributed by atoms with E-state index in [2.05, 4.69) is 10.6 Å². The third kappa shape index (κ3) is 9.25. The summed E-state index contributed by atoms with van der Waals surface area (Å²) in [6.07, 6.45) is 0.607. The van der Waals surface area contributed by atoms with E-state index in [-0.39, 0.29) is 31.1 Å². The molecule has 3 unspecified atom stereocenters. The zero-order valence-electron chi connectivity index (χ0n) is 16.6.